The molecule has 1 aromatic rings. The van der Waals surface area contributed by atoms with Crippen LogP contribution >= 0.6 is 0 Å². The zero-order chi connectivity index (χ0) is 14.0. The Labute approximate surface area is 114 Å². The number of rotatable bonds is 3. The zero-order valence-electron chi connectivity index (χ0n) is 12.1. The minimum Gasteiger partial charge on any atom is -0.372 e. The van der Waals surface area contributed by atoms with E-state index >= 15 is 0 Å². The lowest BCUT2D eigenvalue weighted by molar-refractivity contribution is -0.00552. The van der Waals surface area contributed by atoms with Gasteiger partial charge in [0.2, 0.25) is 0 Å². The number of nitrogens with zero attached hydrogens (tertiary/aromatic N) is 3. The van der Waals surface area contributed by atoms with Crippen LogP contribution in [0.3, 0.4) is 0 Å². The number of ether oxygens (including phenoxy) is 1. The van der Waals surface area contributed by atoms with Crippen molar-refractivity contribution in [1.29, 1.82) is 0 Å². The summed E-state index contributed by atoms with van der Waals surface area (Å²) in [6.45, 7) is 10.1. The molecule has 2 rings (SSSR count). The van der Waals surface area contributed by atoms with Crippen LogP contribution in [0.1, 0.15) is 39.2 Å². The molecule has 1 aromatic heterocycles. The molecule has 0 aromatic carbocycles. The summed E-state index contributed by atoms with van der Waals surface area (Å²) >= 11 is 0. The first kappa shape index (κ1) is 14.0. The summed E-state index contributed by atoms with van der Waals surface area (Å²) < 4.78 is 5.77. The highest BCUT2D eigenvalue weighted by molar-refractivity contribution is 5.60. The molecule has 0 saturated carbocycles. The van der Waals surface area contributed by atoms with E-state index in [1.54, 1.807) is 6.33 Å². The van der Waals surface area contributed by atoms with Crippen molar-refractivity contribution >= 4 is 11.6 Å². The van der Waals surface area contributed by atoms with E-state index in [0.717, 1.165) is 24.5 Å². The van der Waals surface area contributed by atoms with Gasteiger partial charge in [0.1, 0.15) is 18.0 Å². The highest BCUT2D eigenvalue weighted by Gasteiger charge is 2.26. The molecule has 0 radical (unpaired) electrons. The van der Waals surface area contributed by atoms with E-state index in [1.165, 1.54) is 0 Å². The second kappa shape index (κ2) is 5.71. The lowest BCUT2D eigenvalue weighted by Gasteiger charge is -2.37. The molecule has 0 bridgehead atoms. The molecule has 2 heterocycles. The average molecular weight is 265 g/mol. The number of nitrogens with one attached hydrogen (secondary N) is 1. The maximum Gasteiger partial charge on any atom is 0.148 e. The molecule has 2 atom stereocenters. The Morgan fingerprint density at radius 2 is 1.95 bits per heavy atom. The van der Waals surface area contributed by atoms with E-state index in [9.17, 15) is 0 Å². The Kier molecular flexibility index (Phi) is 4.21. The SMILES string of the molecule is CC(C)c1c(NN)ncnc1N1C[C@@H](C)O[C@@H](C)C1. The highest BCUT2D eigenvalue weighted by atomic mass is 16.5. The fourth-order valence-electron chi connectivity index (χ4n) is 2.64. The smallest absolute Gasteiger partial charge is 0.148 e. The number of nitrogen functional groups attached to an aromatic ring is 1. The molecule has 1 saturated heterocycles. The van der Waals surface area contributed by atoms with Crippen LogP contribution in [0, 0.1) is 0 Å². The quantitative estimate of drug-likeness (QED) is 0.637. The van der Waals surface area contributed by atoms with Crippen molar-refractivity contribution in [3.8, 4) is 0 Å². The summed E-state index contributed by atoms with van der Waals surface area (Å²) in [6, 6.07) is 0. The first-order chi connectivity index (χ1) is 9.02. The average Bonchev–Trinajstić information content (AvgIpc) is 2.36. The molecule has 0 unspecified atom stereocenters. The van der Waals surface area contributed by atoms with Crippen LogP contribution in [0.4, 0.5) is 11.6 Å². The lowest BCUT2D eigenvalue weighted by atomic mass is 10.0. The van der Waals surface area contributed by atoms with E-state index < -0.39 is 0 Å². The van der Waals surface area contributed by atoms with Gasteiger partial charge in [-0.05, 0) is 19.8 Å². The van der Waals surface area contributed by atoms with Gasteiger partial charge in [0.05, 0.1) is 12.2 Å². The molecule has 1 fully saturated rings. The normalized spacial score (nSPS) is 23.8. The minimum atomic E-state index is 0.202. The van der Waals surface area contributed by atoms with Crippen molar-refractivity contribution in [3.05, 3.63) is 11.9 Å². The highest BCUT2D eigenvalue weighted by Crippen LogP contribution is 2.31. The van der Waals surface area contributed by atoms with E-state index in [0.29, 0.717) is 11.7 Å². The molecule has 19 heavy (non-hydrogen) atoms. The molecular weight excluding hydrogens is 242 g/mol. The maximum absolute atomic E-state index is 5.77. The van der Waals surface area contributed by atoms with Gasteiger partial charge in [-0.2, -0.15) is 0 Å². The first-order valence-corrected chi connectivity index (χ1v) is 6.74. The summed E-state index contributed by atoms with van der Waals surface area (Å²) in [5.74, 6) is 7.52. The van der Waals surface area contributed by atoms with Crippen molar-refractivity contribution in [1.82, 2.24) is 9.97 Å². The summed E-state index contributed by atoms with van der Waals surface area (Å²) in [4.78, 5) is 10.9. The molecule has 3 N–H and O–H groups in total. The molecule has 0 spiro atoms. The second-order valence-electron chi connectivity index (χ2n) is 5.42. The molecular formula is C13H23N5O. The standard InChI is InChI=1S/C13H23N5O/c1-8(2)11-12(17-14)15-7-16-13(11)18-5-9(3)19-10(4)6-18/h7-10H,5-6,14H2,1-4H3,(H,15,16,17)/t9-,10+. The summed E-state index contributed by atoms with van der Waals surface area (Å²) in [5, 5.41) is 0. The molecule has 1 aliphatic rings. The van der Waals surface area contributed by atoms with Crippen molar-refractivity contribution in [3.63, 3.8) is 0 Å². The van der Waals surface area contributed by atoms with Gasteiger partial charge in [0, 0.05) is 18.7 Å². The number of aromatic nitrogens is 2. The van der Waals surface area contributed by atoms with E-state index in [2.05, 4.69) is 48.0 Å². The molecule has 0 aliphatic carbocycles. The molecule has 6 nitrogen and oxygen atoms in total. The van der Waals surface area contributed by atoms with Gasteiger partial charge in [0.25, 0.3) is 0 Å². The fourth-order valence-corrected chi connectivity index (χ4v) is 2.64. The number of anilines is 2. The number of hydrogen-bond acceptors (Lipinski definition) is 6. The predicted molar refractivity (Wildman–Crippen MR) is 76.2 cm³/mol. The Morgan fingerprint density at radius 1 is 1.32 bits per heavy atom. The monoisotopic (exact) mass is 265 g/mol. The van der Waals surface area contributed by atoms with Crippen LogP contribution in [0.2, 0.25) is 0 Å². The van der Waals surface area contributed by atoms with Crippen molar-refractivity contribution in [2.75, 3.05) is 23.4 Å². The third kappa shape index (κ3) is 2.96. The molecule has 0 amide bonds. The van der Waals surface area contributed by atoms with Crippen LogP contribution < -0.4 is 16.2 Å². The van der Waals surface area contributed by atoms with E-state index in [1.807, 2.05) is 0 Å². The van der Waals surface area contributed by atoms with Crippen LogP contribution in [0.25, 0.3) is 0 Å². The van der Waals surface area contributed by atoms with Crippen molar-refractivity contribution in [2.45, 2.75) is 45.8 Å². The summed E-state index contributed by atoms with van der Waals surface area (Å²) in [7, 11) is 0. The molecule has 1 aliphatic heterocycles. The van der Waals surface area contributed by atoms with Gasteiger partial charge in [0.15, 0.2) is 0 Å². The van der Waals surface area contributed by atoms with Gasteiger partial charge in [-0.3, -0.25) is 0 Å². The van der Waals surface area contributed by atoms with E-state index in [-0.39, 0.29) is 12.2 Å². The van der Waals surface area contributed by atoms with Crippen LogP contribution in [-0.4, -0.2) is 35.3 Å². The van der Waals surface area contributed by atoms with Crippen LogP contribution in [0.5, 0.6) is 0 Å². The van der Waals surface area contributed by atoms with Crippen molar-refractivity contribution in [2.24, 2.45) is 5.84 Å². The number of morpholine rings is 1. The van der Waals surface area contributed by atoms with Gasteiger partial charge in [-0.25, -0.2) is 15.8 Å². The van der Waals surface area contributed by atoms with Crippen LogP contribution in [-0.2, 0) is 4.74 Å². The van der Waals surface area contributed by atoms with Gasteiger partial charge in [-0.1, -0.05) is 13.8 Å². The third-order valence-corrected chi connectivity index (χ3v) is 3.30. The number of nitrogens with two attached hydrogens (primary N) is 1. The third-order valence-electron chi connectivity index (χ3n) is 3.30. The van der Waals surface area contributed by atoms with Crippen molar-refractivity contribution < 1.29 is 4.74 Å². The van der Waals surface area contributed by atoms with Crippen LogP contribution in [0.15, 0.2) is 6.33 Å². The maximum atomic E-state index is 5.77. The summed E-state index contributed by atoms with van der Waals surface area (Å²) in [6.07, 6.45) is 1.96. The van der Waals surface area contributed by atoms with E-state index in [4.69, 9.17) is 10.6 Å². The van der Waals surface area contributed by atoms with Gasteiger partial charge < -0.3 is 15.1 Å². The van der Waals surface area contributed by atoms with Gasteiger partial charge in [-0.15, -0.1) is 0 Å². The Hall–Kier alpha value is -1.40. The van der Waals surface area contributed by atoms with Gasteiger partial charge >= 0.3 is 0 Å². The largest absolute Gasteiger partial charge is 0.372 e. The zero-order valence-corrected chi connectivity index (χ0v) is 12.1. The molecule has 106 valence electrons. The number of hydrazine groups is 1. The fraction of sp³-hybridized carbons (Fsp3) is 0.692. The Bertz CT molecular complexity index is 427. The minimum absolute atomic E-state index is 0.202. The number of hydrogen-bond donors (Lipinski definition) is 2. The lowest BCUT2D eigenvalue weighted by Crippen LogP contribution is -2.46. The molecule has 6 heteroatoms. The first-order valence-electron chi connectivity index (χ1n) is 6.74. The predicted octanol–water partition coefficient (Wildman–Crippen LogP) is 1.50. The Morgan fingerprint density at radius 3 is 2.47 bits per heavy atom. The summed E-state index contributed by atoms with van der Waals surface area (Å²) in [5.41, 5.74) is 3.73. The second-order valence-corrected chi connectivity index (χ2v) is 5.42. The Balaban J connectivity index is 2.38. The topological polar surface area (TPSA) is 76.3 Å².